The fraction of sp³-hybridized carbons (Fsp3) is 0.250. The van der Waals surface area contributed by atoms with Crippen LogP contribution in [0, 0.1) is 0 Å². The lowest BCUT2D eigenvalue weighted by molar-refractivity contribution is 0.0995. The van der Waals surface area contributed by atoms with Gasteiger partial charge >= 0.3 is 0 Å². The third kappa shape index (κ3) is 2.54. The minimum absolute atomic E-state index is 0.237. The number of benzene rings is 1. The van der Waals surface area contributed by atoms with E-state index in [1.165, 1.54) is 5.56 Å². The average Bonchev–Trinajstić information content (AvgIpc) is 2.70. The fourth-order valence-electron chi connectivity index (χ4n) is 2.72. The van der Waals surface area contributed by atoms with Crippen LogP contribution in [0.5, 0.6) is 0 Å². The predicted molar refractivity (Wildman–Crippen MR) is 83.6 cm³/mol. The highest BCUT2D eigenvalue weighted by molar-refractivity contribution is 5.92. The lowest BCUT2D eigenvalue weighted by atomic mass is 10.1. The number of hydrogen-bond donors (Lipinski definition) is 2. The molecule has 0 unspecified atom stereocenters. The molecule has 1 aliphatic heterocycles. The van der Waals surface area contributed by atoms with Crippen molar-refractivity contribution in [3.8, 4) is 0 Å². The lowest BCUT2D eigenvalue weighted by Crippen LogP contribution is -2.22. The Labute approximate surface area is 123 Å². The number of carbonyl (C=O) groups is 1. The largest absolute Gasteiger partial charge is 0.396 e. The number of fused-ring (bicyclic) bond motifs is 1. The van der Waals surface area contributed by atoms with Gasteiger partial charge in [-0.15, -0.1) is 0 Å². The van der Waals surface area contributed by atoms with E-state index in [-0.39, 0.29) is 5.69 Å². The Morgan fingerprint density at radius 1 is 1.14 bits per heavy atom. The van der Waals surface area contributed by atoms with Gasteiger partial charge < -0.3 is 16.4 Å². The summed E-state index contributed by atoms with van der Waals surface area (Å²) in [7, 11) is 0. The molecule has 0 bridgehead atoms. The Morgan fingerprint density at radius 3 is 2.76 bits per heavy atom. The second kappa shape index (κ2) is 5.44. The number of amides is 1. The number of nitrogens with two attached hydrogens (primary N) is 2. The zero-order valence-corrected chi connectivity index (χ0v) is 11.7. The smallest absolute Gasteiger partial charge is 0.267 e. The first-order chi connectivity index (χ1) is 10.2. The summed E-state index contributed by atoms with van der Waals surface area (Å²) >= 11 is 0. The normalized spacial score (nSPS) is 14.4. The Bertz CT molecular complexity index is 684. The average molecular weight is 282 g/mol. The number of aryl methyl sites for hydroxylation is 1. The topological polar surface area (TPSA) is 85.2 Å². The maximum absolute atomic E-state index is 11.4. The zero-order valence-electron chi connectivity index (χ0n) is 11.7. The van der Waals surface area contributed by atoms with Gasteiger partial charge in [-0.25, -0.2) is 4.98 Å². The molecule has 2 heterocycles. The summed E-state index contributed by atoms with van der Waals surface area (Å²) in [6.45, 7) is 0.830. The van der Waals surface area contributed by atoms with E-state index < -0.39 is 5.91 Å². The van der Waals surface area contributed by atoms with E-state index in [4.69, 9.17) is 11.5 Å². The Morgan fingerprint density at radius 2 is 1.95 bits per heavy atom. The molecule has 5 nitrogen and oxygen atoms in total. The van der Waals surface area contributed by atoms with E-state index in [0.717, 1.165) is 31.5 Å². The van der Waals surface area contributed by atoms with Crippen molar-refractivity contribution in [3.05, 3.63) is 47.7 Å². The molecule has 21 heavy (non-hydrogen) atoms. The highest BCUT2D eigenvalue weighted by atomic mass is 16.1. The van der Waals surface area contributed by atoms with Gasteiger partial charge in [0.1, 0.15) is 5.69 Å². The van der Waals surface area contributed by atoms with Crippen LogP contribution in [0.25, 0.3) is 0 Å². The van der Waals surface area contributed by atoms with Crippen LogP contribution in [-0.2, 0) is 6.42 Å². The van der Waals surface area contributed by atoms with Crippen LogP contribution in [0.2, 0.25) is 0 Å². The molecule has 1 aromatic heterocycles. The van der Waals surface area contributed by atoms with Crippen LogP contribution in [0.3, 0.4) is 0 Å². The summed E-state index contributed by atoms with van der Waals surface area (Å²) in [5.74, 6) is 0.0695. The van der Waals surface area contributed by atoms with Gasteiger partial charge in [0.15, 0.2) is 5.82 Å². The van der Waals surface area contributed by atoms with E-state index >= 15 is 0 Å². The van der Waals surface area contributed by atoms with E-state index in [0.29, 0.717) is 11.5 Å². The highest BCUT2D eigenvalue weighted by Crippen LogP contribution is 2.34. The quantitative estimate of drug-likeness (QED) is 0.884. The summed E-state index contributed by atoms with van der Waals surface area (Å²) in [6, 6.07) is 11.5. The first-order valence-electron chi connectivity index (χ1n) is 7.08. The summed E-state index contributed by atoms with van der Waals surface area (Å²) < 4.78 is 0. The first kappa shape index (κ1) is 13.4. The molecule has 0 atom stereocenters. The van der Waals surface area contributed by atoms with Crippen LogP contribution in [0.15, 0.2) is 36.4 Å². The number of carbonyl (C=O) groups excluding carboxylic acids is 1. The second-order valence-electron chi connectivity index (χ2n) is 5.21. The van der Waals surface area contributed by atoms with Gasteiger partial charge in [0.25, 0.3) is 5.91 Å². The van der Waals surface area contributed by atoms with Gasteiger partial charge in [-0.3, -0.25) is 4.79 Å². The molecule has 0 spiro atoms. The number of para-hydroxylation sites is 1. The number of pyridine rings is 1. The molecule has 0 saturated carbocycles. The van der Waals surface area contributed by atoms with Crippen molar-refractivity contribution in [3.63, 3.8) is 0 Å². The minimum Gasteiger partial charge on any atom is -0.396 e. The SMILES string of the molecule is NC(=O)c1ccc(N)c(N2CCCCc3ccccc32)n1. The summed E-state index contributed by atoms with van der Waals surface area (Å²) in [4.78, 5) is 17.8. The highest BCUT2D eigenvalue weighted by Gasteiger charge is 2.20. The van der Waals surface area contributed by atoms with Gasteiger partial charge in [-0.1, -0.05) is 18.2 Å². The summed E-state index contributed by atoms with van der Waals surface area (Å²) in [5.41, 5.74) is 14.6. The number of anilines is 3. The molecule has 5 heteroatoms. The molecule has 1 amide bonds. The molecular weight excluding hydrogens is 264 g/mol. The van der Waals surface area contributed by atoms with Crippen LogP contribution in [0.1, 0.15) is 28.9 Å². The molecule has 108 valence electrons. The van der Waals surface area contributed by atoms with Gasteiger partial charge in [0, 0.05) is 12.2 Å². The maximum Gasteiger partial charge on any atom is 0.267 e. The van der Waals surface area contributed by atoms with Gasteiger partial charge in [0.05, 0.1) is 5.69 Å². The van der Waals surface area contributed by atoms with Crippen LogP contribution in [-0.4, -0.2) is 17.4 Å². The standard InChI is InChI=1S/C16H18N4O/c17-12-8-9-13(15(18)21)19-16(12)20-10-4-3-6-11-5-1-2-7-14(11)20/h1-2,5,7-9H,3-4,6,10,17H2,(H2,18,21). The van der Waals surface area contributed by atoms with Gasteiger partial charge in [-0.05, 0) is 43.0 Å². The summed E-state index contributed by atoms with van der Waals surface area (Å²) in [5, 5.41) is 0. The van der Waals surface area contributed by atoms with Gasteiger partial charge in [-0.2, -0.15) is 0 Å². The van der Waals surface area contributed by atoms with Crippen LogP contribution in [0.4, 0.5) is 17.2 Å². The van der Waals surface area contributed by atoms with Crippen molar-refractivity contribution in [2.24, 2.45) is 5.73 Å². The Balaban J connectivity index is 2.11. The van der Waals surface area contributed by atoms with Crippen LogP contribution < -0.4 is 16.4 Å². The maximum atomic E-state index is 11.4. The monoisotopic (exact) mass is 282 g/mol. The van der Waals surface area contributed by atoms with Crippen molar-refractivity contribution in [1.82, 2.24) is 4.98 Å². The summed E-state index contributed by atoms with van der Waals surface area (Å²) in [6.07, 6.45) is 3.22. The third-order valence-corrected chi connectivity index (χ3v) is 3.77. The molecule has 0 aliphatic carbocycles. The number of rotatable bonds is 2. The number of primary amides is 1. The van der Waals surface area contributed by atoms with E-state index in [1.54, 1.807) is 12.1 Å². The van der Waals surface area contributed by atoms with Crippen molar-refractivity contribution in [2.45, 2.75) is 19.3 Å². The molecular formula is C16H18N4O. The molecule has 0 saturated heterocycles. The second-order valence-corrected chi connectivity index (χ2v) is 5.21. The molecule has 1 aliphatic rings. The number of nitrogen functional groups attached to an aromatic ring is 1. The number of aromatic nitrogens is 1. The van der Waals surface area contributed by atoms with E-state index in [2.05, 4.69) is 22.0 Å². The number of hydrogen-bond acceptors (Lipinski definition) is 4. The van der Waals surface area contributed by atoms with Gasteiger partial charge in [0.2, 0.25) is 0 Å². The molecule has 3 rings (SSSR count). The Hall–Kier alpha value is -2.56. The molecule has 2 aromatic rings. The van der Waals surface area contributed by atoms with Crippen LogP contribution >= 0.6 is 0 Å². The molecule has 4 N–H and O–H groups in total. The van der Waals surface area contributed by atoms with Crippen molar-refractivity contribution < 1.29 is 4.79 Å². The first-order valence-corrected chi connectivity index (χ1v) is 7.08. The van der Waals surface area contributed by atoms with Crippen molar-refractivity contribution >= 4 is 23.1 Å². The fourth-order valence-corrected chi connectivity index (χ4v) is 2.72. The van der Waals surface area contributed by atoms with E-state index in [1.807, 2.05) is 12.1 Å². The Kier molecular flexibility index (Phi) is 3.48. The van der Waals surface area contributed by atoms with E-state index in [9.17, 15) is 4.79 Å². The predicted octanol–water partition coefficient (Wildman–Crippen LogP) is 2.24. The zero-order chi connectivity index (χ0) is 14.8. The minimum atomic E-state index is -0.542. The third-order valence-electron chi connectivity index (χ3n) is 3.77. The number of nitrogens with zero attached hydrogens (tertiary/aromatic N) is 2. The van der Waals surface area contributed by atoms with Crippen molar-refractivity contribution in [1.29, 1.82) is 0 Å². The molecule has 0 radical (unpaired) electrons. The lowest BCUT2D eigenvalue weighted by Gasteiger charge is -2.25. The van der Waals surface area contributed by atoms with Crippen molar-refractivity contribution in [2.75, 3.05) is 17.2 Å². The molecule has 0 fully saturated rings. The molecule has 1 aromatic carbocycles.